The van der Waals surface area contributed by atoms with Crippen LogP contribution >= 0.6 is 0 Å². The van der Waals surface area contributed by atoms with E-state index in [0.29, 0.717) is 9.54 Å². The first-order valence-corrected chi connectivity index (χ1v) is 24.1. The van der Waals surface area contributed by atoms with Gasteiger partial charge in [0.15, 0.2) is 0 Å². The van der Waals surface area contributed by atoms with E-state index in [1.165, 1.54) is 39.8 Å². The van der Waals surface area contributed by atoms with Crippen LogP contribution in [0.15, 0.2) is 114 Å². The van der Waals surface area contributed by atoms with E-state index in [-0.39, 0.29) is 49.6 Å². The molecule has 0 N–H and O–H groups in total. The molecule has 1 fully saturated rings. The Kier molecular flexibility index (Phi) is 11.4. The van der Waals surface area contributed by atoms with Crippen LogP contribution in [0.25, 0.3) is 5.57 Å². The van der Waals surface area contributed by atoms with Gasteiger partial charge in [-0.1, -0.05) is 0 Å². The fourth-order valence-electron chi connectivity index (χ4n) is 12.3. The molecule has 5 heteroatoms. The summed E-state index contributed by atoms with van der Waals surface area (Å²) < 4.78 is 13.7. The molecule has 0 spiro atoms. The Morgan fingerprint density at radius 2 is 1.29 bits per heavy atom. The second kappa shape index (κ2) is 14.8. The molecular weight excluding hydrogens is 807 g/mol. The predicted molar refractivity (Wildman–Crippen MR) is 224 cm³/mol. The zero-order valence-electron chi connectivity index (χ0n) is 35.6. The van der Waals surface area contributed by atoms with Gasteiger partial charge in [-0.25, -0.2) is 0 Å². The second-order valence-corrected chi connectivity index (χ2v) is 26.1. The summed E-state index contributed by atoms with van der Waals surface area (Å²) in [5.41, 5.74) is 14.6. The number of methoxy groups -OCH3 is 2. The molecular formula is C51H60Cl2O2Zr. The SMILES string of the molecule is COc1ccc([C](c2ccc(OC)c(C)c2)=[Zr+2]([CH]2C=CC=C2)[C]2(C)C3=C4Cc5ccccc5C4=C4C=CCCC4C3(C)C(C)(C)C(C)(C)C2(C)C)cc1C.[Cl-].[Cl-]. The van der Waals surface area contributed by atoms with Crippen molar-refractivity contribution in [2.45, 2.75) is 95.2 Å². The molecule has 5 aliphatic rings. The van der Waals surface area contributed by atoms with Gasteiger partial charge in [0.2, 0.25) is 0 Å². The van der Waals surface area contributed by atoms with Gasteiger partial charge in [-0.15, -0.1) is 0 Å². The summed E-state index contributed by atoms with van der Waals surface area (Å²) in [5, 5.41) is 0. The van der Waals surface area contributed by atoms with Gasteiger partial charge in [0.1, 0.15) is 0 Å². The number of allylic oxidation sites excluding steroid dienone is 10. The third-order valence-electron chi connectivity index (χ3n) is 16.5. The third kappa shape index (κ3) is 5.59. The van der Waals surface area contributed by atoms with Crippen LogP contribution < -0.4 is 34.3 Å². The van der Waals surface area contributed by atoms with Crippen LogP contribution in [0.3, 0.4) is 0 Å². The van der Waals surface area contributed by atoms with Crippen molar-refractivity contribution in [2.24, 2.45) is 27.6 Å². The van der Waals surface area contributed by atoms with Crippen molar-refractivity contribution in [3.8, 4) is 11.5 Å². The van der Waals surface area contributed by atoms with Crippen molar-refractivity contribution in [3.05, 3.63) is 147 Å². The van der Waals surface area contributed by atoms with Crippen LogP contribution in [0.1, 0.15) is 102 Å². The van der Waals surface area contributed by atoms with Gasteiger partial charge < -0.3 is 24.8 Å². The zero-order valence-corrected chi connectivity index (χ0v) is 39.6. The van der Waals surface area contributed by atoms with Crippen LogP contribution in [-0.4, -0.2) is 17.4 Å². The molecule has 0 amide bonds. The molecule has 0 radical (unpaired) electrons. The maximum atomic E-state index is 5.88. The molecule has 3 aromatic carbocycles. The molecule has 3 atom stereocenters. The normalized spacial score (nSPS) is 25.9. The number of ether oxygens (including phenoxy) is 2. The number of fused-ring (bicyclic) bond motifs is 6. The van der Waals surface area contributed by atoms with Gasteiger partial charge in [0.25, 0.3) is 0 Å². The standard InChI is InChI=1S/C29H37.C17H18O2.C5H5.2ClH.Zr/c1-18-25-22-17-19-13-9-10-14-20(19)24(22)21-15-11-12-16-23(21)29(25,8)28(6,7)27(4,5)26(18,2)3;1-12-9-14(5-7-16(12)18-3)11-15-6-8-17(19-4)13(2)10-15;1-2-4-5-3-1;;;/h9-11,13-15,23H,12,16-17H2,1-8H3;5-10H,1-4H3;1-5H;2*1H;/q;;;;;+2/p-2. The maximum absolute atomic E-state index is 5.88. The van der Waals surface area contributed by atoms with Gasteiger partial charge in [-0.05, 0) is 0 Å². The molecule has 0 aromatic heterocycles. The van der Waals surface area contributed by atoms with E-state index in [9.17, 15) is 0 Å². The molecule has 2 nitrogen and oxygen atoms in total. The summed E-state index contributed by atoms with van der Waals surface area (Å²) in [5.74, 6) is 2.35. The van der Waals surface area contributed by atoms with Crippen molar-refractivity contribution < 1.29 is 55.6 Å². The molecule has 294 valence electrons. The summed E-state index contributed by atoms with van der Waals surface area (Å²) in [4.78, 5) is 0. The fraction of sp³-hybridized carbons (Fsp3) is 0.431. The molecule has 1 saturated carbocycles. The Hall–Kier alpha value is -2.71. The summed E-state index contributed by atoms with van der Waals surface area (Å²) in [6, 6.07) is 23.4. The topological polar surface area (TPSA) is 18.5 Å². The van der Waals surface area contributed by atoms with E-state index < -0.39 is 21.3 Å². The zero-order chi connectivity index (χ0) is 38.6. The minimum atomic E-state index is -3.14. The van der Waals surface area contributed by atoms with E-state index in [1.54, 1.807) is 39.7 Å². The first kappa shape index (κ1) is 42.9. The average Bonchev–Trinajstić information content (AvgIpc) is 3.81. The third-order valence-corrected chi connectivity index (χ3v) is 26.6. The van der Waals surface area contributed by atoms with E-state index in [0.717, 1.165) is 24.3 Å². The van der Waals surface area contributed by atoms with Gasteiger partial charge in [0, 0.05) is 0 Å². The summed E-state index contributed by atoms with van der Waals surface area (Å²) >= 11 is -3.14. The van der Waals surface area contributed by atoms with E-state index in [2.05, 4.69) is 166 Å². The number of hydrogen-bond acceptors (Lipinski definition) is 2. The number of halogens is 2. The van der Waals surface area contributed by atoms with Crippen LogP contribution in [-0.2, 0) is 27.7 Å². The quantitative estimate of drug-likeness (QED) is 0.266. The van der Waals surface area contributed by atoms with Gasteiger partial charge >= 0.3 is 335 Å². The van der Waals surface area contributed by atoms with Gasteiger partial charge in [0.05, 0.1) is 0 Å². The first-order valence-electron chi connectivity index (χ1n) is 20.2. The molecule has 3 aromatic rings. The molecule has 0 heterocycles. The molecule has 0 bridgehead atoms. The Morgan fingerprint density at radius 1 is 0.714 bits per heavy atom. The van der Waals surface area contributed by atoms with Crippen LogP contribution in [0.2, 0.25) is 6.75 Å². The van der Waals surface area contributed by atoms with Crippen LogP contribution in [0.5, 0.6) is 11.5 Å². The number of rotatable bonds is 6. The van der Waals surface area contributed by atoms with Crippen molar-refractivity contribution in [2.75, 3.05) is 14.2 Å². The van der Waals surface area contributed by atoms with Crippen molar-refractivity contribution >= 4 is 8.78 Å². The first-order chi connectivity index (χ1) is 25.6. The minimum absolute atomic E-state index is 0. The van der Waals surface area contributed by atoms with Crippen LogP contribution in [0.4, 0.5) is 0 Å². The van der Waals surface area contributed by atoms with Gasteiger partial charge in [-0.2, -0.15) is 0 Å². The van der Waals surface area contributed by atoms with Crippen molar-refractivity contribution in [3.63, 3.8) is 0 Å². The molecule has 5 aliphatic carbocycles. The van der Waals surface area contributed by atoms with Crippen molar-refractivity contribution in [1.82, 2.24) is 0 Å². The predicted octanol–water partition coefficient (Wildman–Crippen LogP) is 6.99. The summed E-state index contributed by atoms with van der Waals surface area (Å²) in [6.45, 7) is 25.9. The van der Waals surface area contributed by atoms with E-state index in [4.69, 9.17) is 9.47 Å². The van der Waals surface area contributed by atoms with E-state index in [1.807, 2.05) is 0 Å². The number of aryl methyl sites for hydroxylation is 2. The molecule has 0 saturated heterocycles. The second-order valence-electron chi connectivity index (χ2n) is 18.7. The number of hydrogen-bond donors (Lipinski definition) is 0. The monoisotopic (exact) mass is 864 g/mol. The average molecular weight is 867 g/mol. The van der Waals surface area contributed by atoms with Crippen molar-refractivity contribution in [1.29, 1.82) is 0 Å². The molecule has 8 rings (SSSR count). The summed E-state index contributed by atoms with van der Waals surface area (Å²) in [7, 11) is 3.59. The minimum Gasteiger partial charge on any atom is -1.00 e. The van der Waals surface area contributed by atoms with Gasteiger partial charge in [-0.3, -0.25) is 0 Å². The largest absolute Gasteiger partial charge is 1.00 e. The Bertz CT molecular complexity index is 2210. The van der Waals surface area contributed by atoms with Crippen LogP contribution in [0, 0.1) is 41.4 Å². The smallest absolute Gasteiger partial charge is 1.00 e. The summed E-state index contributed by atoms with van der Waals surface area (Å²) in [6.07, 6.45) is 18.2. The molecule has 0 aliphatic heterocycles. The number of benzene rings is 3. The van der Waals surface area contributed by atoms with E-state index >= 15 is 0 Å². The Morgan fingerprint density at radius 3 is 1.84 bits per heavy atom. The Balaban J connectivity index is 0.00000266. The molecule has 56 heavy (non-hydrogen) atoms. The Labute approximate surface area is 357 Å². The fourth-order valence-corrected chi connectivity index (χ4v) is 23.9. The maximum Gasteiger partial charge on any atom is -1.00 e. The molecule has 3 unspecified atom stereocenters.